The summed E-state index contributed by atoms with van der Waals surface area (Å²) in [6, 6.07) is 26.0. The Bertz CT molecular complexity index is 786. The molecule has 3 heteroatoms. The van der Waals surface area contributed by atoms with Crippen LogP contribution >= 0.6 is 0 Å². The first-order valence-electron chi connectivity index (χ1n) is 8.45. The molecule has 3 aromatic rings. The predicted octanol–water partition coefficient (Wildman–Crippen LogP) is 4.86. The third-order valence-electron chi connectivity index (χ3n) is 3.97. The van der Waals surface area contributed by atoms with E-state index in [4.69, 9.17) is 15.2 Å². The van der Waals surface area contributed by atoms with Crippen molar-refractivity contribution in [1.82, 2.24) is 0 Å². The fraction of sp³-hybridized carbons (Fsp3) is 0.182. The van der Waals surface area contributed by atoms with Crippen molar-refractivity contribution in [2.75, 3.05) is 0 Å². The van der Waals surface area contributed by atoms with Crippen LogP contribution in [-0.4, -0.2) is 0 Å². The molecule has 0 aliphatic rings. The van der Waals surface area contributed by atoms with Crippen LogP contribution in [0.15, 0.2) is 78.9 Å². The van der Waals surface area contributed by atoms with Crippen LogP contribution in [0.3, 0.4) is 0 Å². The largest absolute Gasteiger partial charge is 0.485 e. The van der Waals surface area contributed by atoms with Gasteiger partial charge in [-0.2, -0.15) is 0 Å². The lowest BCUT2D eigenvalue weighted by atomic mass is 10.1. The van der Waals surface area contributed by atoms with E-state index in [9.17, 15) is 0 Å². The normalized spacial score (nSPS) is 11.8. The van der Waals surface area contributed by atoms with Crippen LogP contribution in [-0.2, 0) is 13.2 Å². The summed E-state index contributed by atoms with van der Waals surface area (Å²) in [6.07, 6.45) is 0. The lowest BCUT2D eigenvalue weighted by molar-refractivity contribution is 0.255. The molecule has 128 valence electrons. The average Bonchev–Trinajstić information content (AvgIpc) is 2.66. The van der Waals surface area contributed by atoms with Crippen LogP contribution in [0, 0.1) is 0 Å². The summed E-state index contributed by atoms with van der Waals surface area (Å²) in [5.74, 6) is 1.44. The monoisotopic (exact) mass is 333 g/mol. The van der Waals surface area contributed by atoms with Crippen LogP contribution in [0.25, 0.3) is 0 Å². The summed E-state index contributed by atoms with van der Waals surface area (Å²) in [7, 11) is 0. The molecule has 1 unspecified atom stereocenters. The van der Waals surface area contributed by atoms with Gasteiger partial charge in [0.15, 0.2) is 11.5 Å². The first-order valence-corrected chi connectivity index (χ1v) is 8.45. The number of nitrogens with two attached hydrogens (primary N) is 1. The standard InChI is InChI=1S/C22H23NO2/c1-17(23)20-12-13-21(24-15-18-8-4-2-5-9-18)22(14-20)25-16-19-10-6-3-7-11-19/h2-14,17H,15-16,23H2,1H3. The van der Waals surface area contributed by atoms with E-state index in [1.54, 1.807) is 0 Å². The Kier molecular flexibility index (Phi) is 5.70. The number of rotatable bonds is 7. The third kappa shape index (κ3) is 4.85. The second kappa shape index (κ2) is 8.36. The Hall–Kier alpha value is -2.78. The zero-order valence-electron chi connectivity index (χ0n) is 14.4. The molecule has 3 rings (SSSR count). The summed E-state index contributed by atoms with van der Waals surface area (Å²) >= 11 is 0. The van der Waals surface area contributed by atoms with Crippen molar-refractivity contribution in [2.24, 2.45) is 5.73 Å². The van der Waals surface area contributed by atoms with Crippen molar-refractivity contribution in [3.05, 3.63) is 95.6 Å². The zero-order valence-corrected chi connectivity index (χ0v) is 14.4. The summed E-state index contributed by atoms with van der Waals surface area (Å²) in [6.45, 7) is 2.95. The van der Waals surface area contributed by atoms with Crippen molar-refractivity contribution < 1.29 is 9.47 Å². The van der Waals surface area contributed by atoms with E-state index in [1.165, 1.54) is 0 Å². The van der Waals surface area contributed by atoms with E-state index in [1.807, 2.05) is 85.8 Å². The minimum absolute atomic E-state index is 0.0535. The van der Waals surface area contributed by atoms with E-state index >= 15 is 0 Å². The van der Waals surface area contributed by atoms with E-state index in [0.29, 0.717) is 13.2 Å². The average molecular weight is 333 g/mol. The third-order valence-corrected chi connectivity index (χ3v) is 3.97. The van der Waals surface area contributed by atoms with Crippen molar-refractivity contribution in [1.29, 1.82) is 0 Å². The van der Waals surface area contributed by atoms with Gasteiger partial charge in [0.2, 0.25) is 0 Å². The van der Waals surface area contributed by atoms with Crippen LogP contribution in [0.2, 0.25) is 0 Å². The zero-order chi connectivity index (χ0) is 17.5. The minimum atomic E-state index is -0.0535. The van der Waals surface area contributed by atoms with E-state index in [0.717, 1.165) is 28.2 Å². The molecule has 0 aliphatic heterocycles. The van der Waals surface area contributed by atoms with Gasteiger partial charge in [-0.3, -0.25) is 0 Å². The van der Waals surface area contributed by atoms with Gasteiger partial charge in [-0.25, -0.2) is 0 Å². The van der Waals surface area contributed by atoms with Gasteiger partial charge in [0.25, 0.3) is 0 Å². The molecule has 3 nitrogen and oxygen atoms in total. The fourth-order valence-corrected chi connectivity index (χ4v) is 2.51. The SMILES string of the molecule is CC(N)c1ccc(OCc2ccccc2)c(OCc2ccccc2)c1. The first kappa shape index (κ1) is 17.1. The maximum absolute atomic E-state index is 6.02. The van der Waals surface area contributed by atoms with Crippen LogP contribution < -0.4 is 15.2 Å². The number of hydrogen-bond donors (Lipinski definition) is 1. The smallest absolute Gasteiger partial charge is 0.162 e. The van der Waals surface area contributed by atoms with Crippen LogP contribution in [0.4, 0.5) is 0 Å². The van der Waals surface area contributed by atoms with Crippen molar-refractivity contribution in [2.45, 2.75) is 26.2 Å². The van der Waals surface area contributed by atoms with Crippen LogP contribution in [0.5, 0.6) is 11.5 Å². The van der Waals surface area contributed by atoms with Gasteiger partial charge in [0.05, 0.1) is 0 Å². The van der Waals surface area contributed by atoms with Gasteiger partial charge in [-0.15, -0.1) is 0 Å². The summed E-state index contributed by atoms with van der Waals surface area (Å²) < 4.78 is 12.0. The fourth-order valence-electron chi connectivity index (χ4n) is 2.51. The Labute approximate surface area is 149 Å². The molecule has 0 bridgehead atoms. The molecule has 0 spiro atoms. The highest BCUT2D eigenvalue weighted by Gasteiger charge is 2.10. The van der Waals surface area contributed by atoms with E-state index in [2.05, 4.69) is 0 Å². The molecule has 0 aromatic heterocycles. The second-order valence-corrected chi connectivity index (χ2v) is 6.04. The Morgan fingerprint density at radius 1 is 0.720 bits per heavy atom. The molecule has 0 aliphatic carbocycles. The Morgan fingerprint density at radius 2 is 1.24 bits per heavy atom. The van der Waals surface area contributed by atoms with Crippen molar-refractivity contribution in [3.8, 4) is 11.5 Å². The highest BCUT2D eigenvalue weighted by molar-refractivity contribution is 5.44. The predicted molar refractivity (Wildman–Crippen MR) is 101 cm³/mol. The van der Waals surface area contributed by atoms with Gasteiger partial charge < -0.3 is 15.2 Å². The Morgan fingerprint density at radius 3 is 1.76 bits per heavy atom. The van der Waals surface area contributed by atoms with Gasteiger partial charge in [0, 0.05) is 6.04 Å². The van der Waals surface area contributed by atoms with E-state index in [-0.39, 0.29) is 6.04 Å². The molecule has 0 radical (unpaired) electrons. The lowest BCUT2D eigenvalue weighted by Gasteiger charge is -2.15. The molecule has 25 heavy (non-hydrogen) atoms. The van der Waals surface area contributed by atoms with Gasteiger partial charge in [0.1, 0.15) is 13.2 Å². The quantitative estimate of drug-likeness (QED) is 0.671. The molecule has 0 amide bonds. The van der Waals surface area contributed by atoms with E-state index < -0.39 is 0 Å². The van der Waals surface area contributed by atoms with Crippen molar-refractivity contribution >= 4 is 0 Å². The molecule has 0 saturated heterocycles. The lowest BCUT2D eigenvalue weighted by Crippen LogP contribution is -2.06. The molecule has 3 aromatic carbocycles. The first-order chi connectivity index (χ1) is 12.2. The van der Waals surface area contributed by atoms with Gasteiger partial charge in [-0.05, 0) is 35.7 Å². The second-order valence-electron chi connectivity index (χ2n) is 6.04. The highest BCUT2D eigenvalue weighted by atomic mass is 16.5. The molecule has 0 fully saturated rings. The number of benzene rings is 3. The Balaban J connectivity index is 1.76. The summed E-state index contributed by atoms with van der Waals surface area (Å²) in [5.41, 5.74) is 9.26. The molecule has 1 atom stereocenters. The topological polar surface area (TPSA) is 44.5 Å². The van der Waals surface area contributed by atoms with Gasteiger partial charge >= 0.3 is 0 Å². The maximum Gasteiger partial charge on any atom is 0.162 e. The summed E-state index contributed by atoms with van der Waals surface area (Å²) in [4.78, 5) is 0. The number of ether oxygens (including phenoxy) is 2. The maximum atomic E-state index is 6.02. The molecule has 0 heterocycles. The molecule has 2 N–H and O–H groups in total. The molecular weight excluding hydrogens is 310 g/mol. The molecule has 0 saturated carbocycles. The minimum Gasteiger partial charge on any atom is -0.485 e. The highest BCUT2D eigenvalue weighted by Crippen LogP contribution is 2.31. The summed E-state index contributed by atoms with van der Waals surface area (Å²) in [5, 5.41) is 0. The van der Waals surface area contributed by atoms with Gasteiger partial charge in [-0.1, -0.05) is 66.7 Å². The molecular formula is C22H23NO2. The van der Waals surface area contributed by atoms with Crippen LogP contribution in [0.1, 0.15) is 29.7 Å². The number of hydrogen-bond acceptors (Lipinski definition) is 3. The van der Waals surface area contributed by atoms with Crippen molar-refractivity contribution in [3.63, 3.8) is 0 Å².